The molecule has 0 heterocycles. The van der Waals surface area contributed by atoms with Gasteiger partial charge in [0, 0.05) is 12.0 Å². The Morgan fingerprint density at radius 1 is 1.33 bits per heavy atom. The average molecular weight is 162 g/mol. The summed E-state index contributed by atoms with van der Waals surface area (Å²) in [6, 6.07) is 0. The van der Waals surface area contributed by atoms with Crippen molar-refractivity contribution in [2.75, 3.05) is 0 Å². The third-order valence-electron chi connectivity index (χ3n) is 2.47. The molecular formula is C10H10O2. The first kappa shape index (κ1) is 7.47. The fourth-order valence-corrected chi connectivity index (χ4v) is 1.83. The lowest BCUT2D eigenvalue weighted by Crippen LogP contribution is -2.26. The number of ketones is 2. The quantitative estimate of drug-likeness (QED) is 0.539. The van der Waals surface area contributed by atoms with Crippen molar-refractivity contribution in [2.24, 2.45) is 5.92 Å². The molecule has 0 bridgehead atoms. The van der Waals surface area contributed by atoms with Gasteiger partial charge in [-0.05, 0) is 18.9 Å². The van der Waals surface area contributed by atoms with Crippen LogP contribution >= 0.6 is 0 Å². The van der Waals surface area contributed by atoms with E-state index in [-0.39, 0.29) is 17.5 Å². The van der Waals surface area contributed by atoms with Gasteiger partial charge < -0.3 is 0 Å². The Morgan fingerprint density at radius 3 is 2.92 bits per heavy atom. The number of carbonyl (C=O) groups excluding carboxylic acids is 2. The molecule has 2 rings (SSSR count). The number of fused-ring (bicyclic) bond motifs is 1. The van der Waals surface area contributed by atoms with Crippen LogP contribution in [0.15, 0.2) is 23.8 Å². The third-order valence-corrected chi connectivity index (χ3v) is 2.47. The number of hydrogen-bond donors (Lipinski definition) is 0. The minimum atomic E-state index is -0.115. The maximum Gasteiger partial charge on any atom is 0.163 e. The van der Waals surface area contributed by atoms with Gasteiger partial charge in [0.15, 0.2) is 11.6 Å². The molecule has 2 aliphatic rings. The van der Waals surface area contributed by atoms with E-state index in [0.29, 0.717) is 6.42 Å². The lowest BCUT2D eigenvalue weighted by molar-refractivity contribution is -0.123. The minimum absolute atomic E-state index is 0.0977. The Bertz CT molecular complexity index is 297. The Labute approximate surface area is 71.0 Å². The van der Waals surface area contributed by atoms with Gasteiger partial charge in [-0.25, -0.2) is 0 Å². The molecule has 0 amide bonds. The van der Waals surface area contributed by atoms with Crippen molar-refractivity contribution in [3.05, 3.63) is 23.8 Å². The Kier molecular flexibility index (Phi) is 1.68. The second kappa shape index (κ2) is 2.70. The van der Waals surface area contributed by atoms with Crippen LogP contribution in [0.1, 0.15) is 19.3 Å². The molecule has 1 atom stereocenters. The van der Waals surface area contributed by atoms with Gasteiger partial charge in [0.2, 0.25) is 0 Å². The Balaban J connectivity index is 2.36. The summed E-state index contributed by atoms with van der Waals surface area (Å²) >= 11 is 0. The molecule has 0 spiro atoms. The van der Waals surface area contributed by atoms with Crippen LogP contribution in [0, 0.1) is 5.92 Å². The van der Waals surface area contributed by atoms with Crippen LogP contribution in [-0.4, -0.2) is 11.6 Å². The maximum absolute atomic E-state index is 11.3. The van der Waals surface area contributed by atoms with Crippen molar-refractivity contribution >= 4 is 11.6 Å². The molecule has 0 radical (unpaired) electrons. The van der Waals surface area contributed by atoms with E-state index < -0.39 is 0 Å². The Hall–Kier alpha value is -1.18. The fourth-order valence-electron chi connectivity index (χ4n) is 1.83. The highest BCUT2D eigenvalue weighted by molar-refractivity contribution is 6.07. The van der Waals surface area contributed by atoms with Crippen molar-refractivity contribution in [2.45, 2.75) is 19.3 Å². The molecule has 2 heteroatoms. The molecule has 0 N–H and O–H groups in total. The van der Waals surface area contributed by atoms with Crippen molar-refractivity contribution in [3.8, 4) is 0 Å². The van der Waals surface area contributed by atoms with Gasteiger partial charge in [-0.1, -0.05) is 12.2 Å². The summed E-state index contributed by atoms with van der Waals surface area (Å²) in [5.74, 6) is 0.140. The van der Waals surface area contributed by atoms with E-state index in [1.54, 1.807) is 18.2 Å². The predicted octanol–water partition coefficient (Wildman–Crippen LogP) is 1.42. The third kappa shape index (κ3) is 1.04. The zero-order valence-corrected chi connectivity index (χ0v) is 6.75. The topological polar surface area (TPSA) is 34.1 Å². The van der Waals surface area contributed by atoms with E-state index in [1.807, 2.05) is 0 Å². The monoisotopic (exact) mass is 162 g/mol. The highest BCUT2D eigenvalue weighted by Crippen LogP contribution is 2.29. The lowest BCUT2D eigenvalue weighted by atomic mass is 9.78. The number of Topliss-reactive ketones (excluding diaryl/α,β-unsaturated/α-hetero) is 1. The molecule has 1 unspecified atom stereocenters. The SMILES string of the molecule is O=C1CCCC2C(=O)C=CC=C12. The molecule has 12 heavy (non-hydrogen) atoms. The molecule has 0 aromatic heterocycles. The van der Waals surface area contributed by atoms with Crippen LogP contribution in [0.4, 0.5) is 0 Å². The van der Waals surface area contributed by atoms with E-state index in [4.69, 9.17) is 0 Å². The molecule has 0 aromatic rings. The molecule has 1 fully saturated rings. The van der Waals surface area contributed by atoms with Crippen LogP contribution in [0.3, 0.4) is 0 Å². The molecule has 0 aromatic carbocycles. The van der Waals surface area contributed by atoms with Crippen LogP contribution in [0.5, 0.6) is 0 Å². The zero-order chi connectivity index (χ0) is 8.55. The first-order valence-electron chi connectivity index (χ1n) is 4.24. The van der Waals surface area contributed by atoms with Crippen LogP contribution < -0.4 is 0 Å². The van der Waals surface area contributed by atoms with E-state index in [2.05, 4.69) is 0 Å². The summed E-state index contributed by atoms with van der Waals surface area (Å²) < 4.78 is 0. The summed E-state index contributed by atoms with van der Waals surface area (Å²) in [6.07, 6.45) is 7.35. The van der Waals surface area contributed by atoms with Gasteiger partial charge >= 0.3 is 0 Å². The van der Waals surface area contributed by atoms with Crippen molar-refractivity contribution in [1.82, 2.24) is 0 Å². The van der Waals surface area contributed by atoms with Gasteiger partial charge in [0.1, 0.15) is 0 Å². The first-order valence-corrected chi connectivity index (χ1v) is 4.24. The Morgan fingerprint density at radius 2 is 2.17 bits per heavy atom. The van der Waals surface area contributed by atoms with Gasteiger partial charge in [-0.2, -0.15) is 0 Å². The second-order valence-corrected chi connectivity index (χ2v) is 3.25. The maximum atomic E-state index is 11.3. The van der Waals surface area contributed by atoms with Crippen molar-refractivity contribution in [1.29, 1.82) is 0 Å². The predicted molar refractivity (Wildman–Crippen MR) is 44.6 cm³/mol. The van der Waals surface area contributed by atoms with Crippen LogP contribution in [0.25, 0.3) is 0 Å². The molecular weight excluding hydrogens is 152 g/mol. The average Bonchev–Trinajstić information content (AvgIpc) is 2.07. The number of carbonyl (C=O) groups is 2. The van der Waals surface area contributed by atoms with Crippen molar-refractivity contribution < 1.29 is 9.59 Å². The first-order chi connectivity index (χ1) is 5.79. The minimum Gasteiger partial charge on any atom is -0.295 e. The van der Waals surface area contributed by atoms with Gasteiger partial charge in [-0.3, -0.25) is 9.59 Å². The van der Waals surface area contributed by atoms with E-state index >= 15 is 0 Å². The van der Waals surface area contributed by atoms with Gasteiger partial charge in [0.25, 0.3) is 0 Å². The number of hydrogen-bond acceptors (Lipinski definition) is 2. The number of allylic oxidation sites excluding steroid dienone is 4. The van der Waals surface area contributed by atoms with Gasteiger partial charge in [-0.15, -0.1) is 0 Å². The van der Waals surface area contributed by atoms with E-state index in [0.717, 1.165) is 18.4 Å². The molecule has 2 aliphatic carbocycles. The van der Waals surface area contributed by atoms with Crippen LogP contribution in [0.2, 0.25) is 0 Å². The molecule has 62 valence electrons. The fraction of sp³-hybridized carbons (Fsp3) is 0.400. The molecule has 1 saturated carbocycles. The normalized spacial score (nSPS) is 28.3. The zero-order valence-electron chi connectivity index (χ0n) is 6.75. The number of rotatable bonds is 0. The highest BCUT2D eigenvalue weighted by Gasteiger charge is 2.30. The molecule has 2 nitrogen and oxygen atoms in total. The lowest BCUT2D eigenvalue weighted by Gasteiger charge is -2.23. The summed E-state index contributed by atoms with van der Waals surface area (Å²) in [5.41, 5.74) is 0.730. The van der Waals surface area contributed by atoms with E-state index in [9.17, 15) is 9.59 Å². The van der Waals surface area contributed by atoms with Crippen LogP contribution in [-0.2, 0) is 9.59 Å². The summed E-state index contributed by atoms with van der Waals surface area (Å²) in [6.45, 7) is 0. The molecule has 0 aliphatic heterocycles. The summed E-state index contributed by atoms with van der Waals surface area (Å²) in [5, 5.41) is 0. The van der Waals surface area contributed by atoms with Crippen molar-refractivity contribution in [3.63, 3.8) is 0 Å². The largest absolute Gasteiger partial charge is 0.295 e. The summed E-state index contributed by atoms with van der Waals surface area (Å²) in [4.78, 5) is 22.6. The standard InChI is InChI=1S/C10H10O2/c11-9-5-1-3-7-8(9)4-2-6-10(7)12/h1,3,5,8H,2,4,6H2. The second-order valence-electron chi connectivity index (χ2n) is 3.25. The summed E-state index contributed by atoms with van der Waals surface area (Å²) in [7, 11) is 0. The highest BCUT2D eigenvalue weighted by atomic mass is 16.1. The van der Waals surface area contributed by atoms with Gasteiger partial charge in [0.05, 0.1) is 5.92 Å². The smallest absolute Gasteiger partial charge is 0.163 e. The van der Waals surface area contributed by atoms with E-state index in [1.165, 1.54) is 0 Å². The molecule has 0 saturated heterocycles.